The third-order valence-electron chi connectivity index (χ3n) is 5.42. The number of hydrogen-bond acceptors (Lipinski definition) is 9. The lowest BCUT2D eigenvalue weighted by atomic mass is 9.86. The number of nitrogens with zero attached hydrogens (tertiary/aromatic N) is 4. The summed E-state index contributed by atoms with van der Waals surface area (Å²) in [6, 6.07) is 0.239. The molecule has 2 heterocycles. The van der Waals surface area contributed by atoms with E-state index in [9.17, 15) is 19.7 Å². The SMILES string of the molecule is NC1CCC(CNc2nc(NCC(=O)N3CCCC(=O)C3)ncc2[N+](=O)[O-])CC1. The van der Waals surface area contributed by atoms with Crippen molar-refractivity contribution in [2.75, 3.05) is 36.8 Å². The summed E-state index contributed by atoms with van der Waals surface area (Å²) in [6.45, 7) is 1.16. The van der Waals surface area contributed by atoms with Gasteiger partial charge in [0.25, 0.3) is 0 Å². The molecule has 1 saturated heterocycles. The normalized spacial score (nSPS) is 22.2. The van der Waals surface area contributed by atoms with E-state index in [4.69, 9.17) is 5.73 Å². The Balaban J connectivity index is 1.59. The first kappa shape index (κ1) is 20.9. The van der Waals surface area contributed by atoms with E-state index in [1.54, 1.807) is 0 Å². The second kappa shape index (κ2) is 9.59. The molecule has 11 nitrogen and oxygen atoms in total. The lowest BCUT2D eigenvalue weighted by Gasteiger charge is -2.26. The molecule has 0 spiro atoms. The number of anilines is 2. The molecule has 0 atom stereocenters. The van der Waals surface area contributed by atoms with Crippen LogP contribution in [0.15, 0.2) is 6.20 Å². The number of likely N-dealkylation sites (tertiary alicyclic amines) is 1. The van der Waals surface area contributed by atoms with Crippen molar-refractivity contribution in [3.8, 4) is 0 Å². The third-order valence-corrected chi connectivity index (χ3v) is 5.42. The molecule has 0 bridgehead atoms. The van der Waals surface area contributed by atoms with Crippen LogP contribution in [0.3, 0.4) is 0 Å². The molecule has 0 aromatic carbocycles. The number of hydrogen-bond donors (Lipinski definition) is 3. The fourth-order valence-corrected chi connectivity index (χ4v) is 3.68. The van der Waals surface area contributed by atoms with Crippen LogP contribution in [0.4, 0.5) is 17.5 Å². The maximum absolute atomic E-state index is 12.3. The molecule has 1 amide bonds. The van der Waals surface area contributed by atoms with Crippen molar-refractivity contribution in [3.63, 3.8) is 0 Å². The smallest absolute Gasteiger partial charge is 0.329 e. The topological polar surface area (TPSA) is 156 Å². The molecule has 158 valence electrons. The molecule has 2 aliphatic rings. The van der Waals surface area contributed by atoms with Crippen molar-refractivity contribution in [2.24, 2.45) is 11.7 Å². The number of rotatable bonds is 7. The van der Waals surface area contributed by atoms with Crippen LogP contribution in [0.2, 0.25) is 0 Å². The number of nitrogens with two attached hydrogens (primary N) is 1. The number of nitro groups is 1. The van der Waals surface area contributed by atoms with Gasteiger partial charge in [0.1, 0.15) is 6.20 Å². The maximum atomic E-state index is 12.3. The minimum absolute atomic E-state index is 0.0475. The van der Waals surface area contributed by atoms with Gasteiger partial charge in [-0.3, -0.25) is 19.7 Å². The van der Waals surface area contributed by atoms with E-state index in [-0.39, 0.29) is 48.3 Å². The van der Waals surface area contributed by atoms with E-state index in [1.807, 2.05) is 0 Å². The Morgan fingerprint density at radius 3 is 2.76 bits per heavy atom. The molecule has 0 radical (unpaired) electrons. The van der Waals surface area contributed by atoms with Crippen LogP contribution in [0.5, 0.6) is 0 Å². The lowest BCUT2D eigenvalue weighted by molar-refractivity contribution is -0.384. The Labute approximate surface area is 168 Å². The van der Waals surface area contributed by atoms with Crippen molar-refractivity contribution >= 4 is 29.1 Å². The van der Waals surface area contributed by atoms with Crippen LogP contribution >= 0.6 is 0 Å². The largest absolute Gasteiger partial charge is 0.364 e. The first-order chi connectivity index (χ1) is 13.9. The van der Waals surface area contributed by atoms with Crippen molar-refractivity contribution in [1.29, 1.82) is 0 Å². The molecule has 4 N–H and O–H groups in total. The molecule has 1 aromatic heterocycles. The van der Waals surface area contributed by atoms with Crippen molar-refractivity contribution in [3.05, 3.63) is 16.3 Å². The molecular formula is C18H27N7O4. The van der Waals surface area contributed by atoms with Gasteiger partial charge in [0.2, 0.25) is 17.7 Å². The molecule has 2 fully saturated rings. The summed E-state index contributed by atoms with van der Waals surface area (Å²) in [4.78, 5) is 44.1. The third kappa shape index (κ3) is 5.83. The Kier molecular flexibility index (Phi) is 6.91. The van der Waals surface area contributed by atoms with Gasteiger partial charge in [-0.15, -0.1) is 0 Å². The molecule has 0 unspecified atom stereocenters. The van der Waals surface area contributed by atoms with E-state index in [0.717, 1.165) is 31.9 Å². The summed E-state index contributed by atoms with van der Waals surface area (Å²) in [5.41, 5.74) is 5.71. The second-order valence-corrected chi connectivity index (χ2v) is 7.66. The fraction of sp³-hybridized carbons (Fsp3) is 0.667. The second-order valence-electron chi connectivity index (χ2n) is 7.66. The number of nitrogens with one attached hydrogen (secondary N) is 2. The number of carbonyl (C=O) groups is 2. The van der Waals surface area contributed by atoms with E-state index < -0.39 is 4.92 Å². The van der Waals surface area contributed by atoms with Gasteiger partial charge in [-0.25, -0.2) is 4.98 Å². The van der Waals surface area contributed by atoms with E-state index >= 15 is 0 Å². The first-order valence-electron chi connectivity index (χ1n) is 9.96. The van der Waals surface area contributed by atoms with Gasteiger partial charge in [-0.1, -0.05) is 0 Å². The maximum Gasteiger partial charge on any atom is 0.329 e. The molecule has 29 heavy (non-hydrogen) atoms. The van der Waals surface area contributed by atoms with Gasteiger partial charge >= 0.3 is 5.69 Å². The van der Waals surface area contributed by atoms with Gasteiger partial charge in [0.15, 0.2) is 5.78 Å². The van der Waals surface area contributed by atoms with Crippen molar-refractivity contribution in [1.82, 2.24) is 14.9 Å². The Morgan fingerprint density at radius 2 is 2.07 bits per heavy atom. The van der Waals surface area contributed by atoms with E-state index in [1.165, 1.54) is 4.90 Å². The van der Waals surface area contributed by atoms with E-state index in [2.05, 4.69) is 20.6 Å². The highest BCUT2D eigenvalue weighted by molar-refractivity contribution is 5.88. The van der Waals surface area contributed by atoms with Crippen LogP contribution in [0, 0.1) is 16.0 Å². The average Bonchev–Trinajstić information content (AvgIpc) is 2.71. The highest BCUT2D eigenvalue weighted by Gasteiger charge is 2.23. The zero-order chi connectivity index (χ0) is 20.8. The monoisotopic (exact) mass is 405 g/mol. The minimum Gasteiger partial charge on any atom is -0.364 e. The summed E-state index contributed by atoms with van der Waals surface area (Å²) in [7, 11) is 0. The number of ketones is 1. The molecule has 1 aliphatic carbocycles. The number of Topliss-reactive ketones (excluding diaryl/α,β-unsaturated/α-hetero) is 1. The first-order valence-corrected chi connectivity index (χ1v) is 9.96. The molecular weight excluding hydrogens is 378 g/mol. The zero-order valence-corrected chi connectivity index (χ0v) is 16.3. The number of carbonyl (C=O) groups excluding carboxylic acids is 2. The lowest BCUT2D eigenvalue weighted by Crippen LogP contribution is -2.42. The van der Waals surface area contributed by atoms with Crippen LogP contribution in [-0.4, -0.2) is 63.7 Å². The summed E-state index contributed by atoms with van der Waals surface area (Å²) < 4.78 is 0. The molecule has 1 aromatic rings. The van der Waals surface area contributed by atoms with Crippen LogP contribution in [0.25, 0.3) is 0 Å². The summed E-state index contributed by atoms with van der Waals surface area (Å²) in [5.74, 6) is 0.460. The molecule has 3 rings (SSSR count). The number of aromatic nitrogens is 2. The standard InChI is InChI=1S/C18H27N7O4/c19-13-5-3-12(4-6-13)8-20-17-15(25(28)29)9-21-18(23-17)22-10-16(27)24-7-1-2-14(26)11-24/h9,12-13H,1-8,10-11,19H2,(H2,20,21,22,23). The van der Waals surface area contributed by atoms with Gasteiger partial charge in [-0.05, 0) is 38.0 Å². The quantitative estimate of drug-likeness (QED) is 0.443. The summed E-state index contributed by atoms with van der Waals surface area (Å²) >= 11 is 0. The van der Waals surface area contributed by atoms with Gasteiger partial charge in [0.05, 0.1) is 18.0 Å². The predicted molar refractivity (Wildman–Crippen MR) is 106 cm³/mol. The number of amides is 1. The average molecular weight is 405 g/mol. The highest BCUT2D eigenvalue weighted by Crippen LogP contribution is 2.26. The Morgan fingerprint density at radius 1 is 1.31 bits per heavy atom. The molecule has 1 saturated carbocycles. The van der Waals surface area contributed by atoms with E-state index in [0.29, 0.717) is 31.8 Å². The van der Waals surface area contributed by atoms with Crippen molar-refractivity contribution in [2.45, 2.75) is 44.6 Å². The minimum atomic E-state index is -0.534. The molecule has 11 heteroatoms. The highest BCUT2D eigenvalue weighted by atomic mass is 16.6. The van der Waals surface area contributed by atoms with Crippen LogP contribution in [-0.2, 0) is 9.59 Å². The zero-order valence-electron chi connectivity index (χ0n) is 16.3. The Bertz CT molecular complexity index is 765. The van der Waals surface area contributed by atoms with Crippen molar-refractivity contribution < 1.29 is 14.5 Å². The van der Waals surface area contributed by atoms with Gasteiger partial charge in [-0.2, -0.15) is 4.98 Å². The Hall–Kier alpha value is -2.82. The number of piperidine rings is 1. The van der Waals surface area contributed by atoms with Gasteiger partial charge < -0.3 is 21.3 Å². The van der Waals surface area contributed by atoms with Gasteiger partial charge in [0, 0.05) is 25.6 Å². The molecule has 1 aliphatic heterocycles. The summed E-state index contributed by atoms with van der Waals surface area (Å²) in [5, 5.41) is 17.2. The summed E-state index contributed by atoms with van der Waals surface area (Å²) in [6.07, 6.45) is 6.15. The van der Waals surface area contributed by atoms with Crippen LogP contribution < -0.4 is 16.4 Å². The fourth-order valence-electron chi connectivity index (χ4n) is 3.68. The predicted octanol–water partition coefficient (Wildman–Crippen LogP) is 0.918. The van der Waals surface area contributed by atoms with Crippen LogP contribution in [0.1, 0.15) is 38.5 Å².